The van der Waals surface area contributed by atoms with Gasteiger partial charge in [0.05, 0.1) is 33.6 Å². The summed E-state index contributed by atoms with van der Waals surface area (Å²) < 4.78 is 6.38. The number of benzene rings is 2. The van der Waals surface area contributed by atoms with E-state index in [2.05, 4.69) is 40.5 Å². The highest BCUT2D eigenvalue weighted by Gasteiger charge is 2.46. The van der Waals surface area contributed by atoms with Crippen molar-refractivity contribution in [2.75, 3.05) is 6.61 Å². The zero-order valence-electron chi connectivity index (χ0n) is 23.1. The Morgan fingerprint density at radius 1 is 1.16 bits per heavy atom. The number of nitrogens with zero attached hydrogens (tertiary/aromatic N) is 2. The maximum atomic E-state index is 13.1. The first-order chi connectivity index (χ1) is 18.5. The van der Waals surface area contributed by atoms with Crippen molar-refractivity contribution < 1.29 is 9.53 Å². The van der Waals surface area contributed by atoms with Gasteiger partial charge in [-0.2, -0.15) is 4.98 Å². The van der Waals surface area contributed by atoms with Crippen LogP contribution in [0.5, 0.6) is 0 Å². The SMILES string of the molecule is CC.CC1CC=C(c2ccc3c(c2)C2(CCCCC2)c2nc(=O)c4c(Cl)cccc4n2-3)CC1.CCOC=O. The number of allylic oxidation sites excluding steroid dienone is 2. The third-order valence-corrected chi connectivity index (χ3v) is 8.35. The molecule has 0 N–H and O–H groups in total. The predicted octanol–water partition coefficient (Wildman–Crippen LogP) is 8.01. The smallest absolute Gasteiger partial charge is 0.293 e. The molecule has 0 amide bonds. The lowest BCUT2D eigenvalue weighted by Gasteiger charge is -2.34. The van der Waals surface area contributed by atoms with Gasteiger partial charge in [0, 0.05) is 0 Å². The molecule has 1 saturated carbocycles. The molecule has 2 heterocycles. The Kier molecular flexibility index (Phi) is 9.09. The van der Waals surface area contributed by atoms with Gasteiger partial charge in [-0.05, 0) is 85.9 Å². The molecule has 0 radical (unpaired) electrons. The standard InChI is InChI=1S/C27H27ClN2O.C3H6O2.C2H6/c1-17-8-10-18(11-9-17)19-12-13-22-20(16-19)27(14-3-2-4-15-27)26-29-25(31)24-21(28)6-5-7-23(24)30(22)26;1-2-5-3-4;1-2/h5-7,10,12-13,16-17H,2-4,8-9,11,14-15H2,1H3;3H,2H2,1H3;1-2H3. The molecular formula is C32H39ClN2O3. The van der Waals surface area contributed by atoms with E-state index in [9.17, 15) is 9.59 Å². The van der Waals surface area contributed by atoms with Gasteiger partial charge < -0.3 is 4.74 Å². The van der Waals surface area contributed by atoms with Gasteiger partial charge in [0.25, 0.3) is 12.0 Å². The molecule has 1 atom stereocenters. The summed E-state index contributed by atoms with van der Waals surface area (Å²) in [5, 5.41) is 1.01. The van der Waals surface area contributed by atoms with E-state index in [1.807, 2.05) is 26.0 Å². The van der Waals surface area contributed by atoms with Gasteiger partial charge in [-0.25, -0.2) is 0 Å². The fourth-order valence-corrected chi connectivity index (χ4v) is 6.42. The first-order valence-corrected chi connectivity index (χ1v) is 14.5. The average Bonchev–Trinajstić information content (AvgIpc) is 3.20. The van der Waals surface area contributed by atoms with Crippen molar-refractivity contribution in [1.29, 1.82) is 0 Å². The topological polar surface area (TPSA) is 61.2 Å². The maximum absolute atomic E-state index is 13.1. The number of hydrogen-bond donors (Lipinski definition) is 0. The third kappa shape index (κ3) is 5.05. The van der Waals surface area contributed by atoms with E-state index in [0.29, 0.717) is 23.5 Å². The minimum absolute atomic E-state index is 0.165. The lowest BCUT2D eigenvalue weighted by Crippen LogP contribution is -2.32. The highest BCUT2D eigenvalue weighted by atomic mass is 35.5. The zero-order valence-corrected chi connectivity index (χ0v) is 23.8. The maximum Gasteiger partial charge on any atom is 0.293 e. The second-order valence-electron chi connectivity index (χ2n) is 10.2. The Morgan fingerprint density at radius 2 is 1.92 bits per heavy atom. The number of rotatable bonds is 3. The number of fused-ring (bicyclic) bond motifs is 7. The zero-order chi connectivity index (χ0) is 27.3. The summed E-state index contributed by atoms with van der Waals surface area (Å²) in [6.07, 6.45) is 11.7. The van der Waals surface area contributed by atoms with Crippen LogP contribution in [0.4, 0.5) is 0 Å². The largest absolute Gasteiger partial charge is 0.468 e. The van der Waals surface area contributed by atoms with Gasteiger partial charge in [0.15, 0.2) is 0 Å². The van der Waals surface area contributed by atoms with E-state index in [-0.39, 0.29) is 11.0 Å². The van der Waals surface area contributed by atoms with Crippen molar-refractivity contribution in [3.8, 4) is 5.69 Å². The van der Waals surface area contributed by atoms with E-state index in [1.165, 1.54) is 48.1 Å². The van der Waals surface area contributed by atoms with Crippen molar-refractivity contribution in [3.05, 3.63) is 74.8 Å². The summed E-state index contributed by atoms with van der Waals surface area (Å²) in [5.41, 5.74) is 5.85. The van der Waals surface area contributed by atoms with Crippen molar-refractivity contribution in [1.82, 2.24) is 9.55 Å². The van der Waals surface area contributed by atoms with E-state index in [4.69, 9.17) is 16.6 Å². The number of ether oxygens (including phenoxy) is 1. The summed E-state index contributed by atoms with van der Waals surface area (Å²) in [4.78, 5) is 26.9. The van der Waals surface area contributed by atoms with Crippen LogP contribution < -0.4 is 5.56 Å². The molecule has 0 saturated heterocycles. The average molecular weight is 535 g/mol. The van der Waals surface area contributed by atoms with Crippen molar-refractivity contribution in [2.45, 2.75) is 84.5 Å². The molecule has 1 aromatic heterocycles. The molecule has 3 aromatic rings. The Morgan fingerprint density at radius 3 is 2.55 bits per heavy atom. The van der Waals surface area contributed by atoms with Gasteiger partial charge in [-0.3, -0.25) is 14.2 Å². The summed E-state index contributed by atoms with van der Waals surface area (Å²) in [5.74, 6) is 1.70. The van der Waals surface area contributed by atoms with Crippen LogP contribution in [-0.4, -0.2) is 22.6 Å². The number of halogens is 1. The molecule has 202 valence electrons. The van der Waals surface area contributed by atoms with Crippen LogP contribution in [0.3, 0.4) is 0 Å². The molecule has 5 nitrogen and oxygen atoms in total. The third-order valence-electron chi connectivity index (χ3n) is 8.03. The Hall–Kier alpha value is -2.92. The monoisotopic (exact) mass is 534 g/mol. The molecule has 1 aliphatic heterocycles. The molecule has 1 unspecified atom stereocenters. The van der Waals surface area contributed by atoms with E-state index < -0.39 is 0 Å². The Bertz CT molecular complexity index is 1390. The van der Waals surface area contributed by atoms with Gasteiger partial charge in [0.2, 0.25) is 0 Å². The molecular weight excluding hydrogens is 496 g/mol. The van der Waals surface area contributed by atoms with Crippen LogP contribution >= 0.6 is 11.6 Å². The Labute approximate surface area is 230 Å². The number of aromatic nitrogens is 2. The predicted molar refractivity (Wildman–Crippen MR) is 156 cm³/mol. The van der Waals surface area contributed by atoms with Crippen LogP contribution in [0.15, 0.2) is 47.3 Å². The fraction of sp³-hybridized carbons (Fsp3) is 0.469. The van der Waals surface area contributed by atoms with E-state index in [0.717, 1.165) is 42.9 Å². The normalized spacial score (nSPS) is 18.8. The number of hydrogen-bond acceptors (Lipinski definition) is 4. The Balaban J connectivity index is 0.000000434. The molecule has 0 bridgehead atoms. The summed E-state index contributed by atoms with van der Waals surface area (Å²) >= 11 is 6.45. The fourth-order valence-electron chi connectivity index (χ4n) is 6.17. The molecule has 2 aromatic carbocycles. The highest BCUT2D eigenvalue weighted by Crippen LogP contribution is 2.52. The minimum atomic E-state index is -0.200. The molecule has 3 aliphatic rings. The molecule has 1 spiro atoms. The summed E-state index contributed by atoms with van der Waals surface area (Å²) in [6.45, 7) is 9.00. The lowest BCUT2D eigenvalue weighted by molar-refractivity contribution is -0.128. The second kappa shape index (κ2) is 12.3. The second-order valence-corrected chi connectivity index (χ2v) is 10.7. The van der Waals surface area contributed by atoms with Gasteiger partial charge in [0.1, 0.15) is 5.82 Å². The molecule has 2 aliphatic carbocycles. The minimum Gasteiger partial charge on any atom is -0.468 e. The van der Waals surface area contributed by atoms with Gasteiger partial charge in [-0.15, -0.1) is 0 Å². The first kappa shape index (κ1) is 28.1. The van der Waals surface area contributed by atoms with E-state index in [1.54, 1.807) is 13.0 Å². The first-order valence-electron chi connectivity index (χ1n) is 14.1. The summed E-state index contributed by atoms with van der Waals surface area (Å²) in [6, 6.07) is 12.7. The number of carbonyl (C=O) groups is 1. The van der Waals surface area contributed by atoms with Crippen LogP contribution in [-0.2, 0) is 14.9 Å². The van der Waals surface area contributed by atoms with Crippen LogP contribution in [0, 0.1) is 5.92 Å². The number of carbonyl (C=O) groups excluding carboxylic acids is 1. The van der Waals surface area contributed by atoms with Crippen molar-refractivity contribution in [2.24, 2.45) is 5.92 Å². The van der Waals surface area contributed by atoms with Crippen LogP contribution in [0.2, 0.25) is 5.02 Å². The van der Waals surface area contributed by atoms with Gasteiger partial charge in [-0.1, -0.05) is 69.8 Å². The van der Waals surface area contributed by atoms with E-state index >= 15 is 0 Å². The van der Waals surface area contributed by atoms with Crippen molar-refractivity contribution >= 4 is 34.5 Å². The lowest BCUT2D eigenvalue weighted by atomic mass is 9.69. The summed E-state index contributed by atoms with van der Waals surface area (Å²) in [7, 11) is 0. The van der Waals surface area contributed by atoms with Crippen molar-refractivity contribution in [3.63, 3.8) is 0 Å². The molecule has 6 heteroatoms. The highest BCUT2D eigenvalue weighted by molar-refractivity contribution is 6.35. The molecule has 38 heavy (non-hydrogen) atoms. The van der Waals surface area contributed by atoms with Crippen LogP contribution in [0.25, 0.3) is 22.2 Å². The molecule has 1 fully saturated rings. The van der Waals surface area contributed by atoms with Crippen LogP contribution in [0.1, 0.15) is 96.0 Å². The van der Waals surface area contributed by atoms with Gasteiger partial charge >= 0.3 is 0 Å². The quantitative estimate of drug-likeness (QED) is 0.319. The molecule has 6 rings (SSSR count).